The van der Waals surface area contributed by atoms with Crippen LogP contribution >= 0.6 is 0 Å². The van der Waals surface area contributed by atoms with Gasteiger partial charge in [0, 0.05) is 18.2 Å². The van der Waals surface area contributed by atoms with Crippen molar-refractivity contribution in [2.24, 2.45) is 5.92 Å². The molecule has 0 aliphatic carbocycles. The summed E-state index contributed by atoms with van der Waals surface area (Å²) >= 11 is 0. The molecule has 0 aliphatic heterocycles. The number of para-hydroxylation sites is 1. The van der Waals surface area contributed by atoms with Crippen LogP contribution in [0.2, 0.25) is 0 Å². The number of ether oxygens (including phenoxy) is 1. The first kappa shape index (κ1) is 27.1. The highest BCUT2D eigenvalue weighted by Crippen LogP contribution is 2.29. The Hall–Kier alpha value is -2.16. The maximum Gasteiger partial charge on any atom is 0.311 e. The quantitative estimate of drug-likeness (QED) is 0.137. The molecule has 3 nitrogen and oxygen atoms in total. The Labute approximate surface area is 202 Å². The molecule has 2 aromatic rings. The molecule has 0 bridgehead atoms. The number of benzene rings is 1. The molecule has 3 heteroatoms. The Kier molecular flexibility index (Phi) is 13.5. The predicted molar refractivity (Wildman–Crippen MR) is 140 cm³/mol. The molecule has 0 spiro atoms. The van der Waals surface area contributed by atoms with Crippen LogP contribution in [0.25, 0.3) is 11.3 Å². The van der Waals surface area contributed by atoms with Crippen LogP contribution in [-0.4, -0.2) is 11.0 Å². The van der Waals surface area contributed by atoms with E-state index in [9.17, 15) is 4.79 Å². The molecule has 1 unspecified atom stereocenters. The smallest absolute Gasteiger partial charge is 0.311 e. The van der Waals surface area contributed by atoms with Crippen molar-refractivity contribution in [2.75, 3.05) is 0 Å². The van der Waals surface area contributed by atoms with Crippen LogP contribution < -0.4 is 4.74 Å². The predicted octanol–water partition coefficient (Wildman–Crippen LogP) is 8.94. The van der Waals surface area contributed by atoms with Crippen LogP contribution in [0, 0.1) is 5.92 Å². The molecule has 0 fully saturated rings. The topological polar surface area (TPSA) is 39.2 Å². The molecule has 0 saturated heterocycles. The van der Waals surface area contributed by atoms with E-state index in [0.29, 0.717) is 18.1 Å². The van der Waals surface area contributed by atoms with Gasteiger partial charge in [-0.15, -0.1) is 0 Å². The highest BCUT2D eigenvalue weighted by atomic mass is 16.5. The summed E-state index contributed by atoms with van der Waals surface area (Å²) in [6.45, 7) is 6.60. The zero-order valence-corrected chi connectivity index (χ0v) is 21.3. The summed E-state index contributed by atoms with van der Waals surface area (Å²) < 4.78 is 5.72. The molecular formula is C30H45NO2. The number of hydrogen-bond acceptors (Lipinski definition) is 3. The molecule has 2 rings (SSSR count). The molecule has 33 heavy (non-hydrogen) atoms. The molecule has 0 saturated carbocycles. The van der Waals surface area contributed by atoms with Gasteiger partial charge in [0.25, 0.3) is 0 Å². The van der Waals surface area contributed by atoms with Crippen molar-refractivity contribution in [1.82, 2.24) is 4.98 Å². The van der Waals surface area contributed by atoms with Gasteiger partial charge < -0.3 is 4.74 Å². The van der Waals surface area contributed by atoms with Crippen molar-refractivity contribution in [3.8, 4) is 17.0 Å². The van der Waals surface area contributed by atoms with Crippen molar-refractivity contribution in [3.05, 3.63) is 48.2 Å². The minimum Gasteiger partial charge on any atom is -0.426 e. The second kappa shape index (κ2) is 16.5. The van der Waals surface area contributed by atoms with Gasteiger partial charge in [0.1, 0.15) is 5.75 Å². The van der Waals surface area contributed by atoms with E-state index in [1.807, 2.05) is 30.5 Å². The normalized spacial score (nSPS) is 12.0. The maximum absolute atomic E-state index is 12.4. The third kappa shape index (κ3) is 11.0. The van der Waals surface area contributed by atoms with Crippen molar-refractivity contribution < 1.29 is 9.53 Å². The third-order valence-corrected chi connectivity index (χ3v) is 6.57. The van der Waals surface area contributed by atoms with Crippen LogP contribution in [0.15, 0.2) is 42.6 Å². The first-order chi connectivity index (χ1) is 16.1. The molecule has 1 aromatic carbocycles. The number of rotatable bonds is 17. The van der Waals surface area contributed by atoms with Gasteiger partial charge in [0.15, 0.2) is 0 Å². The van der Waals surface area contributed by atoms with E-state index in [-0.39, 0.29) is 5.97 Å². The minimum atomic E-state index is -0.163. The van der Waals surface area contributed by atoms with Gasteiger partial charge in [-0.3, -0.25) is 9.78 Å². The van der Waals surface area contributed by atoms with Gasteiger partial charge in [-0.2, -0.15) is 0 Å². The highest BCUT2D eigenvalue weighted by Gasteiger charge is 2.13. The van der Waals surface area contributed by atoms with Crippen LogP contribution in [0.4, 0.5) is 0 Å². The molecule has 182 valence electrons. The standard InChI is InChI=1S/C30H45NO2/c1-4-6-7-8-9-10-11-12-13-14-17-26-22-23-31-28(24-26)27-18-15-16-19-29(27)33-30(32)21-20-25(3)5-2/h15-16,18-19,22-25H,4-14,17,20-21H2,1-3H3. The van der Waals surface area contributed by atoms with Gasteiger partial charge in [-0.1, -0.05) is 97.1 Å². The molecule has 1 aromatic heterocycles. The fraction of sp³-hybridized carbons (Fsp3) is 0.600. The van der Waals surface area contributed by atoms with Crippen molar-refractivity contribution in [1.29, 1.82) is 0 Å². The van der Waals surface area contributed by atoms with Crippen molar-refractivity contribution >= 4 is 5.97 Å². The number of carbonyl (C=O) groups excluding carboxylic acids is 1. The first-order valence-electron chi connectivity index (χ1n) is 13.4. The van der Waals surface area contributed by atoms with Crippen molar-refractivity contribution in [3.63, 3.8) is 0 Å². The SMILES string of the molecule is CCCCCCCCCCCCc1ccnc(-c2ccccc2OC(=O)CCC(C)CC)c1. The Morgan fingerprint density at radius 2 is 1.58 bits per heavy atom. The lowest BCUT2D eigenvalue weighted by molar-refractivity contribution is -0.134. The Morgan fingerprint density at radius 3 is 2.27 bits per heavy atom. The van der Waals surface area contributed by atoms with E-state index in [4.69, 9.17) is 4.74 Å². The Morgan fingerprint density at radius 1 is 0.909 bits per heavy atom. The van der Waals surface area contributed by atoms with Gasteiger partial charge in [0.2, 0.25) is 0 Å². The summed E-state index contributed by atoms with van der Waals surface area (Å²) in [5.41, 5.74) is 3.07. The summed E-state index contributed by atoms with van der Waals surface area (Å²) in [6.07, 6.45) is 18.9. The molecule has 0 aliphatic rings. The molecular weight excluding hydrogens is 406 g/mol. The summed E-state index contributed by atoms with van der Waals surface area (Å²) in [7, 11) is 0. The number of aromatic nitrogens is 1. The molecule has 1 heterocycles. The lowest BCUT2D eigenvalue weighted by Gasteiger charge is -2.12. The monoisotopic (exact) mass is 451 g/mol. The number of hydrogen-bond donors (Lipinski definition) is 0. The number of pyridine rings is 1. The van der Waals surface area contributed by atoms with E-state index < -0.39 is 0 Å². The number of unbranched alkanes of at least 4 members (excludes halogenated alkanes) is 9. The summed E-state index contributed by atoms with van der Waals surface area (Å²) in [5, 5.41) is 0. The van der Waals surface area contributed by atoms with E-state index in [1.54, 1.807) is 0 Å². The van der Waals surface area contributed by atoms with Crippen LogP contribution in [0.5, 0.6) is 5.75 Å². The Bertz CT molecular complexity index is 801. The fourth-order valence-electron chi connectivity index (χ4n) is 4.10. The lowest BCUT2D eigenvalue weighted by Crippen LogP contribution is -2.10. The summed E-state index contributed by atoms with van der Waals surface area (Å²) in [4.78, 5) is 16.9. The summed E-state index contributed by atoms with van der Waals surface area (Å²) in [5.74, 6) is 0.983. The van der Waals surface area contributed by atoms with E-state index in [1.165, 1.54) is 69.8 Å². The van der Waals surface area contributed by atoms with E-state index in [0.717, 1.165) is 30.5 Å². The fourth-order valence-corrected chi connectivity index (χ4v) is 4.10. The van der Waals surface area contributed by atoms with Crippen molar-refractivity contribution in [2.45, 2.75) is 111 Å². The average Bonchev–Trinajstić information content (AvgIpc) is 2.84. The second-order valence-electron chi connectivity index (χ2n) is 9.50. The zero-order chi connectivity index (χ0) is 23.7. The molecule has 1 atom stereocenters. The average molecular weight is 452 g/mol. The van der Waals surface area contributed by atoms with Crippen LogP contribution in [0.1, 0.15) is 110 Å². The van der Waals surface area contributed by atoms with Gasteiger partial charge in [0.05, 0.1) is 5.69 Å². The highest BCUT2D eigenvalue weighted by molar-refractivity contribution is 5.77. The minimum absolute atomic E-state index is 0.163. The van der Waals surface area contributed by atoms with Gasteiger partial charge in [-0.25, -0.2) is 0 Å². The molecule has 0 amide bonds. The number of nitrogens with zero attached hydrogens (tertiary/aromatic N) is 1. The number of aryl methyl sites for hydroxylation is 1. The number of carbonyl (C=O) groups is 1. The first-order valence-corrected chi connectivity index (χ1v) is 13.4. The molecule has 0 N–H and O–H groups in total. The van der Waals surface area contributed by atoms with Gasteiger partial charge >= 0.3 is 5.97 Å². The van der Waals surface area contributed by atoms with Crippen LogP contribution in [0.3, 0.4) is 0 Å². The second-order valence-corrected chi connectivity index (χ2v) is 9.50. The van der Waals surface area contributed by atoms with E-state index >= 15 is 0 Å². The van der Waals surface area contributed by atoms with E-state index in [2.05, 4.69) is 37.9 Å². The van der Waals surface area contributed by atoms with Crippen LogP contribution in [-0.2, 0) is 11.2 Å². The third-order valence-electron chi connectivity index (χ3n) is 6.57. The molecule has 0 radical (unpaired) electrons. The lowest BCUT2D eigenvalue weighted by atomic mass is 10.0. The largest absolute Gasteiger partial charge is 0.426 e. The number of esters is 1. The maximum atomic E-state index is 12.4. The van der Waals surface area contributed by atoms with Gasteiger partial charge in [-0.05, 0) is 55.0 Å². The summed E-state index contributed by atoms with van der Waals surface area (Å²) in [6, 6.07) is 12.0. The Balaban J connectivity index is 1.81. The zero-order valence-electron chi connectivity index (χ0n) is 21.3.